The summed E-state index contributed by atoms with van der Waals surface area (Å²) in [4.78, 5) is 5.30. The van der Waals surface area contributed by atoms with Gasteiger partial charge < -0.3 is 13.9 Å². The van der Waals surface area contributed by atoms with Gasteiger partial charge in [0.25, 0.3) is 6.33 Å². The molecule has 0 saturated heterocycles. The first-order valence-electron chi connectivity index (χ1n) is 30.9. The standard InChI is InChI=1S/C72H62N4O.Pt/c1-70(2,3)53-36-34-51(35-37-53)63-47-73-68(42-52(63)46-72(7,8)54-26-16-11-17-27-54)76-64-41-38-55(71(4,5)6)43-62(64)61-40-39-58(45-67(61)76)77-57-29-20-28-56(44-57)74-48-75(66-33-19-18-32-65(66)74)69-59(49-22-12-9-13-23-49)30-21-31-60(69)50-24-14-10-15-25-50;/h9-43,47H,46H2,1-8H3;/q-2;/i9D,10D,12D,13D,14D,15D,22D,23D,24D,25D;. The normalized spacial score (nSPS) is 13.8. The van der Waals surface area contributed by atoms with E-state index in [4.69, 9.17) is 23.4 Å². The molecule has 0 aliphatic rings. The second-order valence-electron chi connectivity index (χ2n) is 22.3. The summed E-state index contributed by atoms with van der Waals surface area (Å²) in [6.07, 6.45) is 6.19. The Kier molecular flexibility index (Phi) is 10.9. The number of para-hydroxylation sites is 3. The Bertz CT molecular complexity index is 4610. The van der Waals surface area contributed by atoms with Gasteiger partial charge in [-0.2, -0.15) is 18.2 Å². The number of hydrogen-bond donors (Lipinski definition) is 0. The Morgan fingerprint density at radius 3 is 1.85 bits per heavy atom. The molecule has 0 aliphatic heterocycles. The Hall–Kier alpha value is -8.11. The number of aromatic nitrogens is 4. The van der Waals surface area contributed by atoms with Crippen LogP contribution in [0.5, 0.6) is 11.5 Å². The van der Waals surface area contributed by atoms with Gasteiger partial charge in [-0.15, -0.1) is 29.7 Å². The van der Waals surface area contributed by atoms with Gasteiger partial charge in [-0.25, -0.2) is 4.98 Å². The van der Waals surface area contributed by atoms with Gasteiger partial charge in [-0.3, -0.25) is 4.57 Å². The van der Waals surface area contributed by atoms with Gasteiger partial charge in [-0.1, -0.05) is 231 Å². The van der Waals surface area contributed by atoms with Crippen molar-refractivity contribution >= 4 is 32.8 Å². The van der Waals surface area contributed by atoms with Gasteiger partial charge in [0.05, 0.1) is 30.4 Å². The fourth-order valence-corrected chi connectivity index (χ4v) is 10.4. The second kappa shape index (κ2) is 20.7. The number of pyridine rings is 1. The van der Waals surface area contributed by atoms with Crippen LogP contribution in [0.4, 0.5) is 0 Å². The molecule has 388 valence electrons. The molecule has 12 aromatic rings. The van der Waals surface area contributed by atoms with Crippen molar-refractivity contribution in [3.8, 4) is 62.1 Å². The minimum Gasteiger partial charge on any atom is -0.510 e. The molecule has 5 nitrogen and oxygen atoms in total. The number of rotatable bonds is 11. The summed E-state index contributed by atoms with van der Waals surface area (Å²) in [5.41, 5.74) is 10.1. The molecule has 3 heterocycles. The van der Waals surface area contributed by atoms with Gasteiger partial charge >= 0.3 is 0 Å². The molecular weight excluding hydrogens is 1130 g/mol. The third-order valence-corrected chi connectivity index (χ3v) is 14.5. The number of imidazole rings is 1. The minimum absolute atomic E-state index is 0. The van der Waals surface area contributed by atoms with Crippen LogP contribution < -0.4 is 9.30 Å². The van der Waals surface area contributed by atoms with E-state index in [-0.39, 0.29) is 65.3 Å². The predicted molar refractivity (Wildman–Crippen MR) is 317 cm³/mol. The zero-order valence-corrected chi connectivity index (χ0v) is 47.0. The van der Waals surface area contributed by atoms with E-state index in [1.165, 1.54) is 16.7 Å². The molecule has 12 rings (SSSR count). The van der Waals surface area contributed by atoms with Crippen LogP contribution in [0.2, 0.25) is 0 Å². The quantitative estimate of drug-likeness (QED) is 0.0956. The van der Waals surface area contributed by atoms with Crippen LogP contribution in [-0.2, 0) is 43.7 Å². The summed E-state index contributed by atoms with van der Waals surface area (Å²) < 4.78 is 100. The van der Waals surface area contributed by atoms with Gasteiger partial charge in [0.1, 0.15) is 5.82 Å². The van der Waals surface area contributed by atoms with Crippen molar-refractivity contribution in [2.75, 3.05) is 0 Å². The molecule has 0 saturated carbocycles. The minimum atomic E-state index is -0.575. The van der Waals surface area contributed by atoms with E-state index in [9.17, 15) is 0 Å². The van der Waals surface area contributed by atoms with E-state index in [1.54, 1.807) is 33.4 Å². The van der Waals surface area contributed by atoms with Crippen molar-refractivity contribution in [1.82, 2.24) is 14.1 Å². The molecule has 0 bridgehead atoms. The SMILES string of the molecule is [2H]c1c([2H])c([2H])c(-c2cccc(-c3c([2H])c([2H])c([2H])c([2H])c3[2H])c2-[n+]2[c-]n(-c3[c-]c(Oc4[c-]c5c(cc4)c4cc(C(C)(C)C)ccc4n5-c4cc(CC(C)(C)c5ccccc5)c(-c5ccc(C(C)(C)C)cc5)cn4)ccc3)c3ccccc32)c([2H])c1[2H].[Pt]. The maximum atomic E-state index is 9.10. The summed E-state index contributed by atoms with van der Waals surface area (Å²) in [5, 5.41) is 2.02. The summed E-state index contributed by atoms with van der Waals surface area (Å²) in [6.45, 7) is 17.9. The van der Waals surface area contributed by atoms with E-state index >= 15 is 0 Å². The van der Waals surface area contributed by atoms with Crippen LogP contribution in [0.1, 0.15) is 91.4 Å². The average Bonchev–Trinajstić information content (AvgIpc) is 1.48. The number of ether oxygens (including phenoxy) is 1. The molecule has 0 N–H and O–H groups in total. The molecule has 3 aromatic heterocycles. The first kappa shape index (κ1) is 41.0. The molecule has 6 heteroatoms. The fraction of sp³-hybridized carbons (Fsp3) is 0.167. The predicted octanol–water partition coefficient (Wildman–Crippen LogP) is 17.7. The molecule has 0 fully saturated rings. The van der Waals surface area contributed by atoms with E-state index in [0.29, 0.717) is 28.2 Å². The third kappa shape index (κ3) is 9.93. The van der Waals surface area contributed by atoms with E-state index < -0.39 is 60.4 Å². The number of fused-ring (bicyclic) bond motifs is 4. The third-order valence-electron chi connectivity index (χ3n) is 14.5. The van der Waals surface area contributed by atoms with Crippen molar-refractivity contribution in [1.29, 1.82) is 0 Å². The largest absolute Gasteiger partial charge is 0.510 e. The molecule has 0 spiro atoms. The van der Waals surface area contributed by atoms with Crippen molar-refractivity contribution in [3.05, 3.63) is 259 Å². The monoisotopic (exact) mass is 1200 g/mol. The van der Waals surface area contributed by atoms with Crippen molar-refractivity contribution in [3.63, 3.8) is 0 Å². The summed E-state index contributed by atoms with van der Waals surface area (Å²) in [7, 11) is 0. The van der Waals surface area contributed by atoms with Crippen molar-refractivity contribution in [2.45, 2.75) is 78.1 Å². The Labute approximate surface area is 487 Å². The second-order valence-corrected chi connectivity index (χ2v) is 22.3. The van der Waals surface area contributed by atoms with Gasteiger partial charge in [0.2, 0.25) is 0 Å². The van der Waals surface area contributed by atoms with Gasteiger partial charge in [0.15, 0.2) is 0 Å². The number of benzene rings is 9. The molecule has 0 unspecified atom stereocenters. The molecule has 0 aliphatic carbocycles. The Balaban J connectivity index is 0.00000800. The zero-order chi connectivity index (χ0) is 61.8. The summed E-state index contributed by atoms with van der Waals surface area (Å²) >= 11 is 0. The first-order valence-corrected chi connectivity index (χ1v) is 25.9. The molecule has 0 radical (unpaired) electrons. The fourth-order valence-electron chi connectivity index (χ4n) is 10.4. The molecule has 9 aromatic carbocycles. The van der Waals surface area contributed by atoms with E-state index in [0.717, 1.165) is 50.7 Å². The average molecular weight is 1200 g/mol. The van der Waals surface area contributed by atoms with E-state index in [1.807, 2.05) is 48.7 Å². The smallest absolute Gasteiger partial charge is 0.268 e. The van der Waals surface area contributed by atoms with Crippen LogP contribution in [0.15, 0.2) is 218 Å². The first-order chi connectivity index (χ1) is 41.3. The molecule has 0 atom stereocenters. The van der Waals surface area contributed by atoms with Crippen LogP contribution in [-0.4, -0.2) is 14.1 Å². The summed E-state index contributed by atoms with van der Waals surface area (Å²) in [5.74, 6) is 1.51. The Morgan fingerprint density at radius 2 is 1.17 bits per heavy atom. The molecule has 0 amide bonds. The Morgan fingerprint density at radius 1 is 0.538 bits per heavy atom. The zero-order valence-electron chi connectivity index (χ0n) is 54.7. The van der Waals surface area contributed by atoms with Crippen LogP contribution >= 0.6 is 0 Å². The van der Waals surface area contributed by atoms with Gasteiger partial charge in [-0.05, 0) is 95.9 Å². The molecular formula is C72H62N4OPt-2. The topological polar surface area (TPSA) is 35.9 Å². The number of nitrogens with zero attached hydrogens (tertiary/aromatic N) is 4. The summed E-state index contributed by atoms with van der Waals surface area (Å²) in [6, 6.07) is 51.7. The maximum Gasteiger partial charge on any atom is 0.268 e. The molecule has 78 heavy (non-hydrogen) atoms. The van der Waals surface area contributed by atoms with E-state index in [2.05, 4.69) is 163 Å². The maximum absolute atomic E-state index is 9.10. The van der Waals surface area contributed by atoms with Crippen molar-refractivity contribution in [2.24, 2.45) is 0 Å². The van der Waals surface area contributed by atoms with Crippen LogP contribution in [0.3, 0.4) is 0 Å². The van der Waals surface area contributed by atoms with Gasteiger partial charge in [0, 0.05) is 49.8 Å². The van der Waals surface area contributed by atoms with Crippen LogP contribution in [0.25, 0.3) is 83.4 Å². The van der Waals surface area contributed by atoms with Crippen molar-refractivity contribution < 1.29 is 44.1 Å². The number of hydrogen-bond acceptors (Lipinski definition) is 2. The van der Waals surface area contributed by atoms with Crippen LogP contribution in [0, 0.1) is 18.5 Å².